The summed E-state index contributed by atoms with van der Waals surface area (Å²) in [5.41, 5.74) is 2.28. The Labute approximate surface area is 133 Å². The third-order valence-electron chi connectivity index (χ3n) is 3.55. The molecule has 0 unspecified atom stereocenters. The molecule has 1 fully saturated rings. The summed E-state index contributed by atoms with van der Waals surface area (Å²) < 4.78 is 23.5. The van der Waals surface area contributed by atoms with Crippen molar-refractivity contribution in [2.75, 3.05) is 29.5 Å². The van der Waals surface area contributed by atoms with Crippen molar-refractivity contribution in [2.45, 2.75) is 6.42 Å². The van der Waals surface area contributed by atoms with Gasteiger partial charge in [0.1, 0.15) is 0 Å². The van der Waals surface area contributed by atoms with Crippen molar-refractivity contribution in [1.29, 1.82) is 0 Å². The maximum absolute atomic E-state index is 11.4. The highest BCUT2D eigenvalue weighted by atomic mass is 35.5. The average molecular weight is 343 g/mol. The maximum Gasteiger partial charge on any atom is 0.183 e. The Morgan fingerprint density at radius 1 is 1.19 bits per heavy atom. The Hall–Kier alpha value is -1.11. The Morgan fingerprint density at radius 3 is 2.43 bits per heavy atom. The minimum absolute atomic E-state index is 0.244. The fourth-order valence-electron chi connectivity index (χ4n) is 2.36. The van der Waals surface area contributed by atoms with Gasteiger partial charge in [-0.1, -0.05) is 23.7 Å². The average Bonchev–Trinajstić information content (AvgIpc) is 2.85. The summed E-state index contributed by atoms with van der Waals surface area (Å²) in [6.45, 7) is 1.15. The molecule has 0 aliphatic carbocycles. The molecular formula is C14H15ClN2O2S2. The van der Waals surface area contributed by atoms with Gasteiger partial charge in [0.2, 0.25) is 0 Å². The van der Waals surface area contributed by atoms with Crippen molar-refractivity contribution in [2.24, 2.45) is 0 Å². The number of anilines is 1. The molecule has 1 aromatic carbocycles. The second-order valence-corrected chi connectivity index (χ2v) is 9.06. The molecule has 1 aromatic heterocycles. The zero-order chi connectivity index (χ0) is 14.9. The van der Waals surface area contributed by atoms with Gasteiger partial charge in [0, 0.05) is 36.3 Å². The Balaban J connectivity index is 1.67. The summed E-state index contributed by atoms with van der Waals surface area (Å²) in [6, 6.07) is 8.25. The lowest BCUT2D eigenvalue weighted by molar-refractivity contribution is 0.587. The van der Waals surface area contributed by atoms with Crippen LogP contribution in [0.15, 0.2) is 30.5 Å². The molecule has 4 nitrogen and oxygen atoms in total. The van der Waals surface area contributed by atoms with Gasteiger partial charge in [-0.25, -0.2) is 13.4 Å². The van der Waals surface area contributed by atoms with Crippen LogP contribution in [-0.2, 0) is 16.3 Å². The molecule has 1 aliphatic heterocycles. The van der Waals surface area contributed by atoms with Gasteiger partial charge in [-0.2, -0.15) is 0 Å². The molecule has 0 spiro atoms. The maximum atomic E-state index is 11.4. The van der Waals surface area contributed by atoms with Crippen LogP contribution in [0.1, 0.15) is 10.4 Å². The normalized spacial score (nSPS) is 17.9. The van der Waals surface area contributed by atoms with E-state index in [2.05, 4.69) is 34.1 Å². The Kier molecular flexibility index (Phi) is 4.19. The second-order valence-electron chi connectivity index (χ2n) is 5.06. The van der Waals surface area contributed by atoms with E-state index in [-0.39, 0.29) is 11.5 Å². The van der Waals surface area contributed by atoms with Crippen molar-refractivity contribution >= 4 is 38.5 Å². The first kappa shape index (κ1) is 14.8. The highest BCUT2D eigenvalue weighted by Crippen LogP contribution is 2.23. The van der Waals surface area contributed by atoms with Gasteiger partial charge in [-0.3, -0.25) is 0 Å². The van der Waals surface area contributed by atoms with Gasteiger partial charge >= 0.3 is 0 Å². The van der Waals surface area contributed by atoms with Crippen LogP contribution >= 0.6 is 22.9 Å². The van der Waals surface area contributed by atoms with Gasteiger partial charge in [-0.05, 0) is 17.7 Å². The summed E-state index contributed by atoms with van der Waals surface area (Å²) in [4.78, 5) is 7.29. The summed E-state index contributed by atoms with van der Waals surface area (Å²) in [6.07, 6.45) is 2.62. The first-order chi connectivity index (χ1) is 10.0. The number of sulfone groups is 1. The minimum Gasteiger partial charge on any atom is -0.369 e. The lowest BCUT2D eigenvalue weighted by Gasteiger charge is -2.28. The monoisotopic (exact) mass is 342 g/mol. The predicted octanol–water partition coefficient (Wildman–Crippen LogP) is 2.62. The number of nitrogens with zero attached hydrogens (tertiary/aromatic N) is 2. The van der Waals surface area contributed by atoms with Crippen LogP contribution in [0.3, 0.4) is 0 Å². The Bertz CT molecular complexity index is 712. The van der Waals surface area contributed by atoms with Crippen LogP contribution in [-0.4, -0.2) is 38.0 Å². The van der Waals surface area contributed by atoms with Crippen molar-refractivity contribution in [3.63, 3.8) is 0 Å². The fourth-order valence-corrected chi connectivity index (χ4v) is 4.58. The van der Waals surface area contributed by atoms with Crippen LogP contribution in [0.4, 0.5) is 5.69 Å². The highest BCUT2D eigenvalue weighted by Gasteiger charge is 2.21. The van der Waals surface area contributed by atoms with E-state index in [9.17, 15) is 8.42 Å². The van der Waals surface area contributed by atoms with Gasteiger partial charge in [0.25, 0.3) is 0 Å². The molecule has 0 bridgehead atoms. The van der Waals surface area contributed by atoms with Crippen LogP contribution in [0, 0.1) is 0 Å². The summed E-state index contributed by atoms with van der Waals surface area (Å²) in [7, 11) is -2.83. The van der Waals surface area contributed by atoms with E-state index in [1.807, 2.05) is 0 Å². The number of thiazole rings is 1. The number of hydrogen-bond acceptors (Lipinski definition) is 5. The van der Waals surface area contributed by atoms with Crippen LogP contribution in [0.5, 0.6) is 0 Å². The molecule has 0 amide bonds. The summed E-state index contributed by atoms with van der Waals surface area (Å²) in [5.74, 6) is 0.488. The zero-order valence-electron chi connectivity index (χ0n) is 11.3. The topological polar surface area (TPSA) is 50.3 Å². The van der Waals surface area contributed by atoms with E-state index in [0.717, 1.165) is 17.0 Å². The number of aromatic nitrogens is 1. The molecule has 0 radical (unpaired) electrons. The number of rotatable bonds is 3. The molecular weight excluding hydrogens is 328 g/mol. The van der Waals surface area contributed by atoms with Crippen LogP contribution < -0.4 is 4.90 Å². The van der Waals surface area contributed by atoms with E-state index < -0.39 is 9.84 Å². The number of hydrogen-bond donors (Lipinski definition) is 0. The number of benzene rings is 1. The molecule has 2 aromatic rings. The molecule has 7 heteroatoms. The Morgan fingerprint density at radius 2 is 1.86 bits per heavy atom. The largest absolute Gasteiger partial charge is 0.369 e. The SMILES string of the molecule is O=S1(=O)CCN(c2ccc(Cc3cnc(Cl)s3)cc2)CC1. The lowest BCUT2D eigenvalue weighted by atomic mass is 10.1. The molecule has 0 N–H and O–H groups in total. The quantitative estimate of drug-likeness (QED) is 0.860. The van der Waals surface area contributed by atoms with Gasteiger partial charge < -0.3 is 4.90 Å². The van der Waals surface area contributed by atoms with E-state index in [4.69, 9.17) is 11.6 Å². The van der Waals surface area contributed by atoms with E-state index in [1.54, 1.807) is 6.20 Å². The third kappa shape index (κ3) is 3.75. The summed E-state index contributed by atoms with van der Waals surface area (Å²) in [5, 5.41) is 0. The highest BCUT2D eigenvalue weighted by molar-refractivity contribution is 7.91. The lowest BCUT2D eigenvalue weighted by Crippen LogP contribution is -2.40. The van der Waals surface area contributed by atoms with Crippen molar-refractivity contribution in [3.05, 3.63) is 45.4 Å². The first-order valence-corrected chi connectivity index (χ1v) is 9.68. The zero-order valence-corrected chi connectivity index (χ0v) is 13.7. The minimum atomic E-state index is -2.83. The molecule has 21 heavy (non-hydrogen) atoms. The number of halogens is 1. The van der Waals surface area contributed by atoms with Gasteiger partial charge in [0.15, 0.2) is 14.3 Å². The molecule has 2 heterocycles. The molecule has 112 valence electrons. The van der Waals surface area contributed by atoms with Crippen molar-refractivity contribution in [3.8, 4) is 0 Å². The van der Waals surface area contributed by atoms with Gasteiger partial charge in [-0.15, -0.1) is 11.3 Å². The van der Waals surface area contributed by atoms with Crippen LogP contribution in [0.2, 0.25) is 4.47 Å². The molecule has 1 saturated heterocycles. The summed E-state index contributed by atoms with van der Waals surface area (Å²) >= 11 is 7.32. The van der Waals surface area contributed by atoms with Crippen LogP contribution in [0.25, 0.3) is 0 Å². The third-order valence-corrected chi connectivity index (χ3v) is 6.27. The smallest absolute Gasteiger partial charge is 0.183 e. The molecule has 1 aliphatic rings. The fraction of sp³-hybridized carbons (Fsp3) is 0.357. The van der Waals surface area contributed by atoms with Crippen molar-refractivity contribution in [1.82, 2.24) is 4.98 Å². The van der Waals surface area contributed by atoms with Crippen molar-refractivity contribution < 1.29 is 8.42 Å². The molecule has 0 saturated carbocycles. The molecule has 0 atom stereocenters. The predicted molar refractivity (Wildman–Crippen MR) is 87.2 cm³/mol. The van der Waals surface area contributed by atoms with E-state index >= 15 is 0 Å². The first-order valence-electron chi connectivity index (χ1n) is 6.66. The van der Waals surface area contributed by atoms with E-state index in [1.165, 1.54) is 16.9 Å². The standard InChI is InChI=1S/C14H15ClN2O2S2/c15-14-16-10-13(20-14)9-11-1-3-12(4-2-11)17-5-7-21(18,19)8-6-17/h1-4,10H,5-9H2. The van der Waals surface area contributed by atoms with E-state index in [0.29, 0.717) is 17.6 Å². The van der Waals surface area contributed by atoms with Gasteiger partial charge in [0.05, 0.1) is 11.5 Å². The molecule has 3 rings (SSSR count). The second kappa shape index (κ2) is 5.94.